The molecule has 0 atom stereocenters. The van der Waals surface area contributed by atoms with E-state index < -0.39 is 4.92 Å². The molecule has 0 N–H and O–H groups in total. The van der Waals surface area contributed by atoms with Crippen LogP contribution in [0.3, 0.4) is 0 Å². The van der Waals surface area contributed by atoms with Crippen molar-refractivity contribution in [2.45, 2.75) is 13.2 Å². The number of thioether (sulfide) groups is 1. The normalized spacial score (nSPS) is 14.6. The number of carbonyl (C=O) groups excluding carboxylic acids is 2. The second kappa shape index (κ2) is 10.4. The first-order valence-corrected chi connectivity index (χ1v) is 11.9. The second-order valence-corrected chi connectivity index (χ2v) is 9.61. The maximum Gasteiger partial charge on any atom is 0.293 e. The zero-order chi connectivity index (χ0) is 24.2. The number of carbonyl (C=O) groups is 2. The molecule has 10 heteroatoms. The molecule has 34 heavy (non-hydrogen) atoms. The van der Waals surface area contributed by atoms with Crippen LogP contribution in [0.1, 0.15) is 16.7 Å². The van der Waals surface area contributed by atoms with Crippen LogP contribution in [0.5, 0.6) is 5.75 Å². The van der Waals surface area contributed by atoms with Crippen LogP contribution in [0.4, 0.5) is 10.5 Å². The lowest BCUT2D eigenvalue weighted by atomic mass is 10.2. The van der Waals surface area contributed by atoms with E-state index in [2.05, 4.69) is 15.9 Å². The molecule has 1 heterocycles. The van der Waals surface area contributed by atoms with Crippen molar-refractivity contribution in [2.24, 2.45) is 0 Å². The molecule has 2 amide bonds. The van der Waals surface area contributed by atoms with Gasteiger partial charge in [0.15, 0.2) is 0 Å². The molecule has 3 aromatic carbocycles. The van der Waals surface area contributed by atoms with Crippen molar-refractivity contribution in [3.8, 4) is 5.75 Å². The van der Waals surface area contributed by atoms with Gasteiger partial charge in [0, 0.05) is 16.6 Å². The van der Waals surface area contributed by atoms with Crippen LogP contribution in [0.15, 0.2) is 76.1 Å². The van der Waals surface area contributed by atoms with Crippen molar-refractivity contribution < 1.29 is 19.2 Å². The molecule has 0 radical (unpaired) electrons. The van der Waals surface area contributed by atoms with E-state index in [4.69, 9.17) is 16.3 Å². The van der Waals surface area contributed by atoms with E-state index in [0.717, 1.165) is 27.4 Å². The number of non-ortho nitro benzene ring substituents is 1. The summed E-state index contributed by atoms with van der Waals surface area (Å²) in [7, 11) is 0. The summed E-state index contributed by atoms with van der Waals surface area (Å²) >= 11 is 10.6. The lowest BCUT2D eigenvalue weighted by Gasteiger charge is -2.12. The van der Waals surface area contributed by atoms with Gasteiger partial charge < -0.3 is 4.74 Å². The fourth-order valence-electron chi connectivity index (χ4n) is 3.16. The quantitative estimate of drug-likeness (QED) is 0.179. The predicted octanol–water partition coefficient (Wildman–Crippen LogP) is 6.83. The Bertz CT molecular complexity index is 1300. The van der Waals surface area contributed by atoms with Crippen molar-refractivity contribution in [3.05, 3.63) is 108 Å². The topological polar surface area (TPSA) is 89.7 Å². The van der Waals surface area contributed by atoms with Crippen molar-refractivity contribution in [1.82, 2.24) is 4.90 Å². The number of rotatable bonds is 7. The number of imide groups is 1. The minimum atomic E-state index is -0.463. The third kappa shape index (κ3) is 5.67. The molecular formula is C24H16BrClN2O5S. The molecular weight excluding hydrogens is 544 g/mol. The molecule has 172 valence electrons. The Morgan fingerprint density at radius 3 is 2.35 bits per heavy atom. The summed E-state index contributed by atoms with van der Waals surface area (Å²) in [5.74, 6) is 0.0769. The Kier molecular flexibility index (Phi) is 7.35. The molecule has 0 spiro atoms. The number of ether oxygens (including phenoxy) is 1. The summed E-state index contributed by atoms with van der Waals surface area (Å²) in [6.45, 7) is 0.386. The summed E-state index contributed by atoms with van der Waals surface area (Å²) in [5.41, 5.74) is 2.27. The van der Waals surface area contributed by atoms with E-state index in [1.807, 2.05) is 24.3 Å². The van der Waals surface area contributed by atoms with Gasteiger partial charge in [-0.2, -0.15) is 0 Å². The number of halogens is 2. The number of hydrogen-bond acceptors (Lipinski definition) is 6. The molecule has 1 aliphatic rings. The van der Waals surface area contributed by atoms with Crippen LogP contribution in [-0.4, -0.2) is 21.0 Å². The minimum absolute atomic E-state index is 0.00684. The van der Waals surface area contributed by atoms with Crippen LogP contribution < -0.4 is 4.74 Å². The minimum Gasteiger partial charge on any atom is -0.487 e. The summed E-state index contributed by atoms with van der Waals surface area (Å²) in [5, 5.41) is 10.8. The molecule has 4 rings (SSSR count). The molecule has 3 aromatic rings. The highest BCUT2D eigenvalue weighted by molar-refractivity contribution is 9.10. The second-order valence-electron chi connectivity index (χ2n) is 7.30. The largest absolute Gasteiger partial charge is 0.487 e. The van der Waals surface area contributed by atoms with Gasteiger partial charge in [-0.3, -0.25) is 24.6 Å². The first-order valence-electron chi connectivity index (χ1n) is 9.95. The van der Waals surface area contributed by atoms with Gasteiger partial charge in [0.25, 0.3) is 16.8 Å². The van der Waals surface area contributed by atoms with Crippen LogP contribution in [-0.2, 0) is 17.9 Å². The third-order valence-corrected chi connectivity index (χ3v) is 6.65. The van der Waals surface area contributed by atoms with E-state index >= 15 is 0 Å². The summed E-state index contributed by atoms with van der Waals surface area (Å²) < 4.78 is 6.64. The maximum atomic E-state index is 12.8. The lowest BCUT2D eigenvalue weighted by Crippen LogP contribution is -2.27. The van der Waals surface area contributed by atoms with Crippen molar-refractivity contribution >= 4 is 62.2 Å². The van der Waals surface area contributed by atoms with Crippen LogP contribution in [0, 0.1) is 10.1 Å². The smallest absolute Gasteiger partial charge is 0.293 e. The molecule has 0 unspecified atom stereocenters. The Morgan fingerprint density at radius 1 is 1.03 bits per heavy atom. The maximum absolute atomic E-state index is 12.8. The van der Waals surface area contributed by atoms with E-state index in [0.29, 0.717) is 21.2 Å². The fourth-order valence-corrected chi connectivity index (χ4v) is 4.51. The van der Waals surface area contributed by atoms with Crippen LogP contribution in [0.25, 0.3) is 6.08 Å². The van der Waals surface area contributed by atoms with E-state index in [1.54, 1.807) is 36.4 Å². The van der Waals surface area contributed by atoms with Crippen molar-refractivity contribution in [3.63, 3.8) is 0 Å². The number of benzene rings is 3. The van der Waals surface area contributed by atoms with Crippen molar-refractivity contribution in [1.29, 1.82) is 0 Å². The van der Waals surface area contributed by atoms with Gasteiger partial charge in [-0.25, -0.2) is 0 Å². The highest BCUT2D eigenvalue weighted by Gasteiger charge is 2.35. The monoisotopic (exact) mass is 558 g/mol. The Hall–Kier alpha value is -3.14. The molecule has 0 aliphatic carbocycles. The van der Waals surface area contributed by atoms with Gasteiger partial charge in [0.1, 0.15) is 12.4 Å². The number of amides is 2. The first-order chi connectivity index (χ1) is 16.3. The van der Waals surface area contributed by atoms with E-state index in [9.17, 15) is 19.7 Å². The van der Waals surface area contributed by atoms with Gasteiger partial charge >= 0.3 is 0 Å². The van der Waals surface area contributed by atoms with Crippen LogP contribution >= 0.6 is 39.3 Å². The van der Waals surface area contributed by atoms with Gasteiger partial charge in [-0.1, -0.05) is 45.7 Å². The van der Waals surface area contributed by atoms with E-state index in [-0.39, 0.29) is 30.0 Å². The SMILES string of the molecule is O=C1S/C(=C\c2ccc(OCc3ccc([N+](=O)[O-])cc3)c(Cl)c2)C(=O)N1Cc1ccc(Br)cc1. The number of hydrogen-bond donors (Lipinski definition) is 0. The Balaban J connectivity index is 1.42. The van der Waals surface area contributed by atoms with Crippen molar-refractivity contribution in [2.75, 3.05) is 0 Å². The van der Waals surface area contributed by atoms with Gasteiger partial charge in [-0.15, -0.1) is 0 Å². The molecule has 7 nitrogen and oxygen atoms in total. The molecule has 0 bridgehead atoms. The summed E-state index contributed by atoms with van der Waals surface area (Å²) in [6.07, 6.45) is 1.62. The van der Waals surface area contributed by atoms with E-state index in [1.165, 1.54) is 17.0 Å². The van der Waals surface area contributed by atoms with Gasteiger partial charge in [0.05, 0.1) is 21.4 Å². The molecule has 1 saturated heterocycles. The zero-order valence-corrected chi connectivity index (χ0v) is 20.6. The Morgan fingerprint density at radius 2 is 1.71 bits per heavy atom. The molecule has 1 fully saturated rings. The first kappa shape index (κ1) is 24.0. The average molecular weight is 560 g/mol. The van der Waals surface area contributed by atoms with Gasteiger partial charge in [-0.05, 0) is 70.9 Å². The molecule has 0 saturated carbocycles. The Labute approximate surface area is 212 Å². The predicted molar refractivity (Wildman–Crippen MR) is 135 cm³/mol. The fraction of sp³-hybridized carbons (Fsp3) is 0.0833. The lowest BCUT2D eigenvalue weighted by molar-refractivity contribution is -0.384. The third-order valence-electron chi connectivity index (χ3n) is 4.92. The molecule has 1 aliphatic heterocycles. The summed E-state index contributed by atoms with van der Waals surface area (Å²) in [4.78, 5) is 37.0. The number of nitrogens with zero attached hydrogens (tertiary/aromatic N) is 2. The number of nitro groups is 1. The summed E-state index contributed by atoms with van der Waals surface area (Å²) in [6, 6.07) is 18.5. The highest BCUT2D eigenvalue weighted by atomic mass is 79.9. The highest BCUT2D eigenvalue weighted by Crippen LogP contribution is 2.35. The van der Waals surface area contributed by atoms with Crippen LogP contribution in [0.2, 0.25) is 5.02 Å². The average Bonchev–Trinajstić information content (AvgIpc) is 3.07. The van der Waals surface area contributed by atoms with Gasteiger partial charge in [0.2, 0.25) is 0 Å². The molecule has 0 aromatic heterocycles. The zero-order valence-electron chi connectivity index (χ0n) is 17.4. The number of nitro benzene ring substituents is 1. The standard InChI is InChI=1S/C24H16BrClN2O5S/c25-18-6-1-15(2-7-18)13-27-23(29)22(34-24(27)30)12-17-5-10-21(20(26)11-17)33-14-16-3-8-19(9-4-16)28(31)32/h1-12H,13-14H2/b22-12-.